The highest BCUT2D eigenvalue weighted by Gasteiger charge is 2.21. The summed E-state index contributed by atoms with van der Waals surface area (Å²) < 4.78 is 28.2. The second-order valence-electron chi connectivity index (χ2n) is 6.44. The molecule has 0 saturated heterocycles. The number of non-ortho nitro benzene ring substituents is 1. The Kier molecular flexibility index (Phi) is 5.09. The molecule has 3 N–H and O–H groups in total. The Hall–Kier alpha value is -4.25. The number of aromatic nitrogens is 2. The van der Waals surface area contributed by atoms with Crippen LogP contribution < -0.4 is 10.0 Å². The molecule has 0 fully saturated rings. The Morgan fingerprint density at radius 2 is 1.55 bits per heavy atom. The van der Waals surface area contributed by atoms with E-state index in [4.69, 9.17) is 0 Å². The number of hydrogen-bond acceptors (Lipinski definition) is 8. The van der Waals surface area contributed by atoms with Crippen molar-refractivity contribution in [1.29, 1.82) is 0 Å². The average molecular weight is 437 g/mol. The first-order valence-corrected chi connectivity index (χ1v) is 10.4. The predicted octanol–water partition coefficient (Wildman–Crippen LogP) is 3.79. The molecule has 0 aliphatic heterocycles. The smallest absolute Gasteiger partial charge is 0.270 e. The van der Waals surface area contributed by atoms with Crippen LogP contribution >= 0.6 is 0 Å². The van der Waals surface area contributed by atoms with Crippen molar-refractivity contribution in [3.05, 3.63) is 82.9 Å². The number of aromatic hydroxyl groups is 1. The molecule has 0 radical (unpaired) electrons. The van der Waals surface area contributed by atoms with E-state index in [1.54, 1.807) is 36.4 Å². The molecular weight excluding hydrogens is 422 g/mol. The van der Waals surface area contributed by atoms with Crippen LogP contribution in [0.15, 0.2) is 77.7 Å². The van der Waals surface area contributed by atoms with Gasteiger partial charge in [-0.25, -0.2) is 18.4 Å². The molecular formula is C20H15N5O5S. The van der Waals surface area contributed by atoms with Gasteiger partial charge in [-0.1, -0.05) is 24.3 Å². The molecule has 1 heterocycles. The Morgan fingerprint density at radius 3 is 2.23 bits per heavy atom. The Labute approximate surface area is 176 Å². The van der Waals surface area contributed by atoms with Gasteiger partial charge in [0.15, 0.2) is 11.6 Å². The molecule has 4 rings (SSSR count). The van der Waals surface area contributed by atoms with Crippen molar-refractivity contribution in [2.75, 3.05) is 10.0 Å². The fraction of sp³-hybridized carbons (Fsp3) is 0. The lowest BCUT2D eigenvalue weighted by Crippen LogP contribution is -2.16. The van der Waals surface area contributed by atoms with Gasteiger partial charge in [0.05, 0.1) is 20.9 Å². The van der Waals surface area contributed by atoms with Crippen LogP contribution in [-0.2, 0) is 10.0 Å². The summed E-state index contributed by atoms with van der Waals surface area (Å²) in [5.74, 6) is 0.00401. The van der Waals surface area contributed by atoms with Crippen molar-refractivity contribution in [3.8, 4) is 5.75 Å². The van der Waals surface area contributed by atoms with Gasteiger partial charge in [0.2, 0.25) is 0 Å². The topological polar surface area (TPSA) is 147 Å². The van der Waals surface area contributed by atoms with Crippen LogP contribution in [0.1, 0.15) is 0 Å². The summed E-state index contributed by atoms with van der Waals surface area (Å²) in [6, 6.07) is 17.8. The number of nitrogens with zero attached hydrogens (tertiary/aromatic N) is 3. The second kappa shape index (κ2) is 7.88. The van der Waals surface area contributed by atoms with Crippen LogP contribution in [0.4, 0.5) is 23.0 Å². The van der Waals surface area contributed by atoms with Crippen LogP contribution in [0, 0.1) is 10.1 Å². The average Bonchev–Trinajstić information content (AvgIpc) is 2.74. The van der Waals surface area contributed by atoms with Crippen LogP contribution in [0.3, 0.4) is 0 Å². The number of sulfonamides is 1. The molecule has 0 aliphatic carbocycles. The summed E-state index contributed by atoms with van der Waals surface area (Å²) in [5.41, 5.74) is 1.06. The van der Waals surface area contributed by atoms with E-state index in [1.807, 2.05) is 0 Å². The first kappa shape index (κ1) is 20.0. The number of nitrogens with one attached hydrogen (secondary N) is 2. The van der Waals surface area contributed by atoms with Gasteiger partial charge in [-0.15, -0.1) is 0 Å². The zero-order valence-electron chi connectivity index (χ0n) is 15.8. The minimum absolute atomic E-state index is 0.0116. The molecule has 0 saturated carbocycles. The maximum atomic E-state index is 12.9. The summed E-state index contributed by atoms with van der Waals surface area (Å²) >= 11 is 0. The molecule has 0 bridgehead atoms. The summed E-state index contributed by atoms with van der Waals surface area (Å²) in [6.07, 6.45) is 0. The van der Waals surface area contributed by atoms with Crippen molar-refractivity contribution < 1.29 is 18.4 Å². The summed E-state index contributed by atoms with van der Waals surface area (Å²) in [4.78, 5) is 18.8. The largest absolute Gasteiger partial charge is 0.508 e. The quantitative estimate of drug-likeness (QED) is 0.305. The number of para-hydroxylation sites is 2. The zero-order chi connectivity index (χ0) is 22.0. The number of phenolic OH excluding ortho intramolecular Hbond substituents is 1. The molecule has 3 aromatic carbocycles. The number of benzene rings is 3. The number of fused-ring (bicyclic) bond motifs is 1. The number of hydrogen-bond donors (Lipinski definition) is 3. The fourth-order valence-electron chi connectivity index (χ4n) is 2.83. The lowest BCUT2D eigenvalue weighted by molar-refractivity contribution is -0.385. The summed E-state index contributed by atoms with van der Waals surface area (Å²) in [5, 5.41) is 23.6. The summed E-state index contributed by atoms with van der Waals surface area (Å²) in [6.45, 7) is 0. The first-order valence-electron chi connectivity index (χ1n) is 8.92. The van der Waals surface area contributed by atoms with Gasteiger partial charge in [0.1, 0.15) is 5.75 Å². The third-order valence-electron chi connectivity index (χ3n) is 4.25. The zero-order valence-corrected chi connectivity index (χ0v) is 16.6. The highest BCUT2D eigenvalue weighted by Crippen LogP contribution is 2.28. The molecule has 10 nitrogen and oxygen atoms in total. The van der Waals surface area contributed by atoms with Crippen molar-refractivity contribution in [1.82, 2.24) is 9.97 Å². The Morgan fingerprint density at radius 1 is 0.871 bits per heavy atom. The molecule has 0 aliphatic rings. The first-order chi connectivity index (χ1) is 14.8. The van der Waals surface area contributed by atoms with Crippen molar-refractivity contribution in [2.45, 2.75) is 4.90 Å². The van der Waals surface area contributed by atoms with E-state index in [1.165, 1.54) is 30.3 Å². The predicted molar refractivity (Wildman–Crippen MR) is 115 cm³/mol. The molecule has 11 heteroatoms. The SMILES string of the molecule is O=[N+]([O-])c1cccc(S(=O)(=O)Nc2nc3ccccc3nc2Nc2cccc(O)c2)c1. The van der Waals surface area contributed by atoms with Gasteiger partial charge in [0, 0.05) is 23.9 Å². The highest BCUT2D eigenvalue weighted by atomic mass is 32.2. The van der Waals surface area contributed by atoms with E-state index in [2.05, 4.69) is 20.0 Å². The Balaban J connectivity index is 1.78. The van der Waals surface area contributed by atoms with E-state index >= 15 is 0 Å². The van der Waals surface area contributed by atoms with Crippen molar-refractivity contribution >= 4 is 44.1 Å². The molecule has 31 heavy (non-hydrogen) atoms. The van der Waals surface area contributed by atoms with Gasteiger partial charge >= 0.3 is 0 Å². The molecule has 1 aromatic heterocycles. The third-order valence-corrected chi connectivity index (χ3v) is 5.59. The minimum Gasteiger partial charge on any atom is -0.508 e. The van der Waals surface area contributed by atoms with Crippen LogP contribution in [-0.4, -0.2) is 28.4 Å². The maximum absolute atomic E-state index is 12.9. The lowest BCUT2D eigenvalue weighted by Gasteiger charge is -2.14. The van der Waals surface area contributed by atoms with Crippen LogP contribution in [0.25, 0.3) is 11.0 Å². The van der Waals surface area contributed by atoms with Gasteiger partial charge < -0.3 is 10.4 Å². The monoisotopic (exact) mass is 437 g/mol. The number of rotatable bonds is 6. The van der Waals surface area contributed by atoms with Gasteiger partial charge in [-0.05, 0) is 30.3 Å². The van der Waals surface area contributed by atoms with Crippen LogP contribution in [0.5, 0.6) is 5.75 Å². The third kappa shape index (κ3) is 4.36. The van der Waals surface area contributed by atoms with E-state index < -0.39 is 14.9 Å². The fourth-order valence-corrected chi connectivity index (χ4v) is 3.88. The maximum Gasteiger partial charge on any atom is 0.270 e. The van der Waals surface area contributed by atoms with Crippen molar-refractivity contribution in [3.63, 3.8) is 0 Å². The number of nitro benzene ring substituents is 1. The normalized spacial score (nSPS) is 11.2. The molecule has 0 unspecified atom stereocenters. The molecule has 0 atom stereocenters. The number of anilines is 3. The number of phenols is 1. The second-order valence-corrected chi connectivity index (χ2v) is 8.13. The minimum atomic E-state index is -4.21. The molecule has 4 aromatic rings. The van der Waals surface area contributed by atoms with Crippen molar-refractivity contribution in [2.24, 2.45) is 0 Å². The number of nitro groups is 1. The standard InChI is InChI=1S/C20H15N5O5S/c26-15-7-3-5-13(11-15)21-19-20(23-18-10-2-1-9-17(18)22-19)24-31(29,30)16-8-4-6-14(12-16)25(27)28/h1-12,26H,(H,21,22)(H,23,24). The van der Waals surface area contributed by atoms with E-state index in [0.29, 0.717) is 16.7 Å². The molecule has 156 valence electrons. The van der Waals surface area contributed by atoms with Gasteiger partial charge in [0.25, 0.3) is 15.7 Å². The van der Waals surface area contributed by atoms with E-state index in [0.717, 1.165) is 6.07 Å². The van der Waals surface area contributed by atoms with E-state index in [9.17, 15) is 23.6 Å². The van der Waals surface area contributed by atoms with E-state index in [-0.39, 0.29) is 28.0 Å². The molecule has 0 spiro atoms. The lowest BCUT2D eigenvalue weighted by atomic mass is 10.3. The summed E-state index contributed by atoms with van der Waals surface area (Å²) in [7, 11) is -4.21. The molecule has 0 amide bonds. The highest BCUT2D eigenvalue weighted by molar-refractivity contribution is 7.92. The van der Waals surface area contributed by atoms with Crippen LogP contribution in [0.2, 0.25) is 0 Å². The van der Waals surface area contributed by atoms with Gasteiger partial charge in [-0.2, -0.15) is 0 Å². The van der Waals surface area contributed by atoms with Gasteiger partial charge in [-0.3, -0.25) is 14.8 Å². The Bertz CT molecular complexity index is 1410.